The van der Waals surface area contributed by atoms with Crippen molar-refractivity contribution in [2.24, 2.45) is 4.99 Å². The van der Waals surface area contributed by atoms with Crippen molar-refractivity contribution in [1.29, 1.82) is 0 Å². The van der Waals surface area contributed by atoms with Gasteiger partial charge in [-0.1, -0.05) is 12.1 Å². The number of nitrogens with zero attached hydrogens (tertiary/aromatic N) is 1. The molecule has 2 rings (SSSR count). The van der Waals surface area contributed by atoms with Gasteiger partial charge < -0.3 is 20.1 Å². The van der Waals surface area contributed by atoms with E-state index < -0.39 is 0 Å². The molecule has 1 aromatic carbocycles. The summed E-state index contributed by atoms with van der Waals surface area (Å²) in [6.45, 7) is 4.77. The lowest BCUT2D eigenvalue weighted by Gasteiger charge is -2.11. The highest BCUT2D eigenvalue weighted by Gasteiger charge is 2.11. The average Bonchev–Trinajstić information content (AvgIpc) is 3.02. The lowest BCUT2D eigenvalue weighted by molar-refractivity contribution is -0.140. The van der Waals surface area contributed by atoms with Crippen molar-refractivity contribution in [3.05, 3.63) is 29.3 Å². The van der Waals surface area contributed by atoms with E-state index >= 15 is 0 Å². The Labute approximate surface area is 137 Å². The molecule has 1 aromatic rings. The van der Waals surface area contributed by atoms with Crippen LogP contribution in [0.3, 0.4) is 0 Å². The highest BCUT2D eigenvalue weighted by atomic mass is 16.5. The van der Waals surface area contributed by atoms with Gasteiger partial charge in [0.05, 0.1) is 26.7 Å². The van der Waals surface area contributed by atoms with E-state index in [1.54, 1.807) is 0 Å². The molecular formula is C17H25N3O3. The number of fused-ring (bicyclic) bond motifs is 1. The Morgan fingerprint density at radius 1 is 1.39 bits per heavy atom. The molecule has 0 amide bonds. The van der Waals surface area contributed by atoms with E-state index in [1.807, 2.05) is 13.0 Å². The predicted molar refractivity (Wildman–Crippen MR) is 90.0 cm³/mol. The topological polar surface area (TPSA) is 72.0 Å². The molecule has 0 unspecified atom stereocenters. The summed E-state index contributed by atoms with van der Waals surface area (Å²) in [4.78, 5) is 15.5. The van der Waals surface area contributed by atoms with Crippen molar-refractivity contribution in [3.63, 3.8) is 0 Å². The van der Waals surface area contributed by atoms with Crippen molar-refractivity contribution in [3.8, 4) is 5.75 Å². The molecule has 6 heteroatoms. The first-order valence-electron chi connectivity index (χ1n) is 8.06. The zero-order valence-corrected chi connectivity index (χ0v) is 13.9. The monoisotopic (exact) mass is 319 g/mol. The molecule has 1 aliphatic heterocycles. The Kier molecular flexibility index (Phi) is 6.72. The third-order valence-corrected chi connectivity index (χ3v) is 3.62. The van der Waals surface area contributed by atoms with E-state index in [9.17, 15) is 4.79 Å². The van der Waals surface area contributed by atoms with Crippen LogP contribution < -0.4 is 15.4 Å². The van der Waals surface area contributed by atoms with Crippen LogP contribution in [0.25, 0.3) is 0 Å². The number of aliphatic imine (C=N–C) groups is 1. The lowest BCUT2D eigenvalue weighted by Crippen LogP contribution is -2.38. The minimum atomic E-state index is -0.245. The van der Waals surface area contributed by atoms with Gasteiger partial charge in [0.2, 0.25) is 0 Å². The molecule has 1 aliphatic rings. The summed E-state index contributed by atoms with van der Waals surface area (Å²) in [5, 5.41) is 6.45. The van der Waals surface area contributed by atoms with Gasteiger partial charge >= 0.3 is 5.97 Å². The number of carbonyl (C=O) groups is 1. The van der Waals surface area contributed by atoms with Gasteiger partial charge in [-0.05, 0) is 30.5 Å². The van der Waals surface area contributed by atoms with Crippen LogP contribution in [-0.2, 0) is 22.4 Å². The number of carbonyl (C=O) groups excluding carboxylic acids is 1. The van der Waals surface area contributed by atoms with E-state index in [4.69, 9.17) is 4.74 Å². The molecule has 0 saturated carbocycles. The van der Waals surface area contributed by atoms with Crippen molar-refractivity contribution in [2.45, 2.75) is 26.2 Å². The number of ether oxygens (including phenoxy) is 2. The minimum Gasteiger partial charge on any atom is -0.493 e. The molecule has 0 fully saturated rings. The van der Waals surface area contributed by atoms with Crippen molar-refractivity contribution < 1.29 is 14.3 Å². The molecule has 0 aliphatic carbocycles. The van der Waals surface area contributed by atoms with Gasteiger partial charge in [0.25, 0.3) is 0 Å². The fourth-order valence-corrected chi connectivity index (χ4v) is 2.42. The van der Waals surface area contributed by atoms with Gasteiger partial charge in [0.1, 0.15) is 5.75 Å². The number of rotatable bonds is 7. The summed E-state index contributed by atoms with van der Waals surface area (Å²) in [7, 11) is 1.39. The Morgan fingerprint density at radius 3 is 3.04 bits per heavy atom. The molecule has 0 atom stereocenters. The fraction of sp³-hybridized carbons (Fsp3) is 0.529. The SMILES string of the molecule is CCNC(=NCCC(=O)OC)NCCc1ccc2c(c1)CCO2. The van der Waals surface area contributed by atoms with Crippen LogP contribution in [0.4, 0.5) is 0 Å². The van der Waals surface area contributed by atoms with Crippen molar-refractivity contribution in [1.82, 2.24) is 10.6 Å². The molecule has 2 N–H and O–H groups in total. The van der Waals surface area contributed by atoms with Crippen LogP contribution >= 0.6 is 0 Å². The van der Waals surface area contributed by atoms with Gasteiger partial charge in [-0.3, -0.25) is 9.79 Å². The molecule has 0 saturated heterocycles. The highest BCUT2D eigenvalue weighted by molar-refractivity contribution is 5.80. The number of methoxy groups -OCH3 is 1. The third-order valence-electron chi connectivity index (χ3n) is 3.62. The predicted octanol–water partition coefficient (Wildman–Crippen LogP) is 1.28. The first-order valence-corrected chi connectivity index (χ1v) is 8.06. The quantitative estimate of drug-likeness (QED) is 0.450. The maximum absolute atomic E-state index is 11.1. The lowest BCUT2D eigenvalue weighted by atomic mass is 10.1. The van der Waals surface area contributed by atoms with Crippen LogP contribution in [0.5, 0.6) is 5.75 Å². The third kappa shape index (κ3) is 5.47. The van der Waals surface area contributed by atoms with Crippen LogP contribution in [0.15, 0.2) is 23.2 Å². The second-order valence-corrected chi connectivity index (χ2v) is 5.30. The maximum Gasteiger partial charge on any atom is 0.307 e. The molecule has 1 heterocycles. The van der Waals surface area contributed by atoms with Crippen LogP contribution in [0.2, 0.25) is 0 Å². The van der Waals surface area contributed by atoms with Crippen LogP contribution in [-0.4, -0.2) is 45.3 Å². The Hall–Kier alpha value is -2.24. The second kappa shape index (κ2) is 9.02. The molecule has 6 nitrogen and oxygen atoms in total. The molecule has 0 bridgehead atoms. The zero-order valence-electron chi connectivity index (χ0n) is 13.9. The standard InChI is InChI=1S/C17H25N3O3/c1-3-18-17(20-10-7-16(21)22-2)19-9-6-13-4-5-15-14(12-13)8-11-23-15/h4-5,12H,3,6-11H2,1-2H3,(H2,18,19,20). The number of hydrogen-bond acceptors (Lipinski definition) is 4. The van der Waals surface area contributed by atoms with E-state index in [0.29, 0.717) is 6.54 Å². The van der Waals surface area contributed by atoms with Gasteiger partial charge in [0, 0.05) is 19.5 Å². The molecule has 0 spiro atoms. The van der Waals surface area contributed by atoms with E-state index in [0.717, 1.165) is 44.2 Å². The average molecular weight is 319 g/mol. The van der Waals surface area contributed by atoms with Gasteiger partial charge in [-0.2, -0.15) is 0 Å². The molecular weight excluding hydrogens is 294 g/mol. The first-order chi connectivity index (χ1) is 11.2. The van der Waals surface area contributed by atoms with Gasteiger partial charge in [-0.15, -0.1) is 0 Å². The van der Waals surface area contributed by atoms with Crippen LogP contribution in [0, 0.1) is 0 Å². The molecule has 0 radical (unpaired) electrons. The molecule has 126 valence electrons. The summed E-state index contributed by atoms with van der Waals surface area (Å²) in [5.74, 6) is 1.49. The number of nitrogens with one attached hydrogen (secondary N) is 2. The van der Waals surface area contributed by atoms with E-state index in [-0.39, 0.29) is 12.4 Å². The smallest absolute Gasteiger partial charge is 0.307 e. The summed E-state index contributed by atoms with van der Waals surface area (Å²) >= 11 is 0. The fourth-order valence-electron chi connectivity index (χ4n) is 2.42. The number of esters is 1. The summed E-state index contributed by atoms with van der Waals surface area (Å²) < 4.78 is 10.1. The molecule has 23 heavy (non-hydrogen) atoms. The van der Waals surface area contributed by atoms with E-state index in [2.05, 4.69) is 32.5 Å². The van der Waals surface area contributed by atoms with Crippen molar-refractivity contribution in [2.75, 3.05) is 33.4 Å². The Morgan fingerprint density at radius 2 is 2.26 bits per heavy atom. The minimum absolute atomic E-state index is 0.245. The number of hydrogen-bond donors (Lipinski definition) is 2. The van der Waals surface area contributed by atoms with Gasteiger partial charge in [0.15, 0.2) is 5.96 Å². The Balaban J connectivity index is 1.79. The van der Waals surface area contributed by atoms with Crippen LogP contribution in [0.1, 0.15) is 24.5 Å². The Bertz CT molecular complexity index is 558. The molecule has 0 aromatic heterocycles. The maximum atomic E-state index is 11.1. The summed E-state index contributed by atoms with van der Waals surface area (Å²) in [6, 6.07) is 6.37. The normalized spacial score (nSPS) is 13.2. The second-order valence-electron chi connectivity index (χ2n) is 5.30. The summed E-state index contributed by atoms with van der Waals surface area (Å²) in [6.07, 6.45) is 2.20. The zero-order chi connectivity index (χ0) is 16.5. The number of benzene rings is 1. The summed E-state index contributed by atoms with van der Waals surface area (Å²) in [5.41, 5.74) is 2.58. The first kappa shape index (κ1) is 17.1. The van der Waals surface area contributed by atoms with Crippen molar-refractivity contribution >= 4 is 11.9 Å². The largest absolute Gasteiger partial charge is 0.493 e. The number of guanidine groups is 1. The highest BCUT2D eigenvalue weighted by Crippen LogP contribution is 2.25. The van der Waals surface area contributed by atoms with Gasteiger partial charge in [-0.25, -0.2) is 0 Å². The van der Waals surface area contributed by atoms with E-state index in [1.165, 1.54) is 18.2 Å².